The van der Waals surface area contributed by atoms with E-state index in [0.29, 0.717) is 37.7 Å². The molecule has 168 valence electrons. The van der Waals surface area contributed by atoms with Crippen LogP contribution < -0.4 is 10.6 Å². The Labute approximate surface area is 182 Å². The molecule has 3 N–H and O–H groups in total. The van der Waals surface area contributed by atoms with Gasteiger partial charge in [0, 0.05) is 50.5 Å². The van der Waals surface area contributed by atoms with Crippen LogP contribution in [0.25, 0.3) is 11.4 Å². The van der Waals surface area contributed by atoms with Gasteiger partial charge in [-0.2, -0.15) is 5.10 Å². The molecule has 1 fully saturated rings. The highest BCUT2D eigenvalue weighted by Crippen LogP contribution is 2.19. The summed E-state index contributed by atoms with van der Waals surface area (Å²) in [5.74, 6) is 1.32. The number of urea groups is 1. The molecule has 1 aromatic heterocycles. The van der Waals surface area contributed by atoms with E-state index in [1.807, 2.05) is 52.0 Å². The van der Waals surface area contributed by atoms with E-state index in [2.05, 4.69) is 30.7 Å². The second kappa shape index (κ2) is 9.78. The first-order chi connectivity index (χ1) is 14.7. The first kappa shape index (κ1) is 22.5. The fourth-order valence-electron chi connectivity index (χ4n) is 3.19. The summed E-state index contributed by atoms with van der Waals surface area (Å²) in [6.07, 6.45) is -0.271. The minimum absolute atomic E-state index is 0.268. The number of amides is 3. The van der Waals surface area contributed by atoms with E-state index in [9.17, 15) is 9.59 Å². The fraction of sp³-hybridized carbons (Fsp3) is 0.524. The van der Waals surface area contributed by atoms with Crippen LogP contribution in [0.5, 0.6) is 0 Å². The van der Waals surface area contributed by atoms with Crippen molar-refractivity contribution in [3.05, 3.63) is 30.1 Å². The van der Waals surface area contributed by atoms with Gasteiger partial charge in [-0.3, -0.25) is 10.00 Å². The lowest BCUT2D eigenvalue weighted by Crippen LogP contribution is -2.51. The number of carbonyl (C=O) groups excluding carboxylic acids is 2. The number of carbonyl (C=O) groups is 2. The van der Waals surface area contributed by atoms with Crippen molar-refractivity contribution in [2.75, 3.05) is 44.6 Å². The fourth-order valence-corrected chi connectivity index (χ4v) is 3.19. The Bertz CT molecular complexity index is 898. The number of aromatic nitrogens is 3. The Hall–Kier alpha value is -3.14. The number of nitrogens with one attached hydrogen (secondary N) is 3. The highest BCUT2D eigenvalue weighted by atomic mass is 16.6. The number of anilines is 1. The zero-order chi connectivity index (χ0) is 22.4. The Kier molecular flexibility index (Phi) is 7.11. The summed E-state index contributed by atoms with van der Waals surface area (Å²) < 4.78 is 5.41. The zero-order valence-electron chi connectivity index (χ0n) is 18.6. The van der Waals surface area contributed by atoms with Gasteiger partial charge >= 0.3 is 12.1 Å². The standard InChI is InChI=1S/C21H31N7O3/c1-15-23-18(26-25-15)16-6-5-7-17(14-16)24-19(29)22-8-9-27-10-12-28(13-11-27)20(30)31-21(2,3)4/h5-7,14H,8-13H2,1-4H3,(H2,22,24,29)(H,23,25,26). The van der Waals surface area contributed by atoms with Crippen LogP contribution in [0.1, 0.15) is 26.6 Å². The first-order valence-electron chi connectivity index (χ1n) is 10.4. The molecule has 3 rings (SSSR count). The van der Waals surface area contributed by atoms with Gasteiger partial charge in [-0.25, -0.2) is 14.6 Å². The smallest absolute Gasteiger partial charge is 0.410 e. The van der Waals surface area contributed by atoms with Crippen LogP contribution in [0.3, 0.4) is 0 Å². The molecule has 31 heavy (non-hydrogen) atoms. The molecule has 0 saturated carbocycles. The van der Waals surface area contributed by atoms with E-state index in [-0.39, 0.29) is 12.1 Å². The maximum Gasteiger partial charge on any atom is 0.410 e. The molecule has 0 aliphatic carbocycles. The third-order valence-electron chi connectivity index (χ3n) is 4.71. The molecular weight excluding hydrogens is 398 g/mol. The molecule has 0 radical (unpaired) electrons. The molecular formula is C21H31N7O3. The van der Waals surface area contributed by atoms with Gasteiger partial charge in [-0.05, 0) is 39.8 Å². The largest absolute Gasteiger partial charge is 0.444 e. The van der Waals surface area contributed by atoms with Crippen molar-refractivity contribution in [1.82, 2.24) is 30.3 Å². The van der Waals surface area contributed by atoms with Crippen molar-refractivity contribution in [1.29, 1.82) is 0 Å². The van der Waals surface area contributed by atoms with E-state index in [4.69, 9.17) is 4.74 Å². The third-order valence-corrected chi connectivity index (χ3v) is 4.71. The number of aromatic amines is 1. The monoisotopic (exact) mass is 429 g/mol. The summed E-state index contributed by atoms with van der Waals surface area (Å²) in [5, 5.41) is 12.7. The van der Waals surface area contributed by atoms with Gasteiger partial charge in [0.2, 0.25) is 0 Å². The van der Waals surface area contributed by atoms with E-state index < -0.39 is 5.60 Å². The average Bonchev–Trinajstić information content (AvgIpc) is 3.14. The molecule has 10 nitrogen and oxygen atoms in total. The van der Waals surface area contributed by atoms with Crippen LogP contribution in [0.4, 0.5) is 15.3 Å². The van der Waals surface area contributed by atoms with Crippen molar-refractivity contribution < 1.29 is 14.3 Å². The van der Waals surface area contributed by atoms with Gasteiger partial charge in [0.15, 0.2) is 5.82 Å². The van der Waals surface area contributed by atoms with Gasteiger partial charge in [-0.1, -0.05) is 12.1 Å². The Morgan fingerprint density at radius 3 is 2.58 bits per heavy atom. The minimum Gasteiger partial charge on any atom is -0.444 e. The van der Waals surface area contributed by atoms with Gasteiger partial charge < -0.3 is 20.3 Å². The molecule has 1 saturated heterocycles. The van der Waals surface area contributed by atoms with Crippen molar-refractivity contribution in [2.24, 2.45) is 0 Å². The number of aryl methyl sites for hydroxylation is 1. The average molecular weight is 430 g/mol. The van der Waals surface area contributed by atoms with Crippen molar-refractivity contribution in [3.63, 3.8) is 0 Å². The predicted molar refractivity (Wildman–Crippen MR) is 118 cm³/mol. The summed E-state index contributed by atoms with van der Waals surface area (Å²) >= 11 is 0. The summed E-state index contributed by atoms with van der Waals surface area (Å²) in [5.41, 5.74) is 1.01. The summed E-state index contributed by atoms with van der Waals surface area (Å²) in [6, 6.07) is 7.12. The van der Waals surface area contributed by atoms with Gasteiger partial charge in [0.05, 0.1) is 0 Å². The third kappa shape index (κ3) is 6.95. The van der Waals surface area contributed by atoms with Crippen LogP contribution in [0.2, 0.25) is 0 Å². The second-order valence-corrected chi connectivity index (χ2v) is 8.52. The summed E-state index contributed by atoms with van der Waals surface area (Å²) in [4.78, 5) is 32.6. The number of hydrogen-bond acceptors (Lipinski definition) is 6. The molecule has 0 atom stereocenters. The number of ether oxygens (including phenoxy) is 1. The maximum atomic E-state index is 12.2. The molecule has 1 aromatic carbocycles. The molecule has 2 aromatic rings. The van der Waals surface area contributed by atoms with E-state index in [0.717, 1.165) is 24.5 Å². The Morgan fingerprint density at radius 2 is 1.94 bits per heavy atom. The number of H-pyrrole nitrogens is 1. The molecule has 0 spiro atoms. The molecule has 2 heterocycles. The lowest BCUT2D eigenvalue weighted by Gasteiger charge is -2.35. The van der Waals surface area contributed by atoms with E-state index in [1.54, 1.807) is 4.90 Å². The topological polar surface area (TPSA) is 115 Å². The highest BCUT2D eigenvalue weighted by Gasteiger charge is 2.25. The Morgan fingerprint density at radius 1 is 1.19 bits per heavy atom. The molecule has 1 aliphatic rings. The van der Waals surface area contributed by atoms with Crippen LogP contribution >= 0.6 is 0 Å². The lowest BCUT2D eigenvalue weighted by molar-refractivity contribution is 0.0147. The maximum absolute atomic E-state index is 12.2. The summed E-state index contributed by atoms with van der Waals surface area (Å²) in [6.45, 7) is 11.4. The molecule has 3 amide bonds. The number of hydrogen-bond donors (Lipinski definition) is 3. The Balaban J connectivity index is 1.38. The van der Waals surface area contributed by atoms with Crippen LogP contribution in [0.15, 0.2) is 24.3 Å². The van der Waals surface area contributed by atoms with Gasteiger partial charge in [0.1, 0.15) is 11.4 Å². The van der Waals surface area contributed by atoms with Crippen LogP contribution in [-0.2, 0) is 4.74 Å². The van der Waals surface area contributed by atoms with Gasteiger partial charge in [-0.15, -0.1) is 0 Å². The van der Waals surface area contributed by atoms with E-state index in [1.165, 1.54) is 0 Å². The molecule has 1 aliphatic heterocycles. The lowest BCUT2D eigenvalue weighted by atomic mass is 10.2. The van der Waals surface area contributed by atoms with Crippen LogP contribution in [0, 0.1) is 6.92 Å². The molecule has 0 bridgehead atoms. The molecule has 0 unspecified atom stereocenters. The van der Waals surface area contributed by atoms with Crippen LogP contribution in [-0.4, -0.2) is 82.0 Å². The first-order valence-corrected chi connectivity index (χ1v) is 10.4. The SMILES string of the molecule is Cc1nc(-c2cccc(NC(=O)NCCN3CCN(C(=O)OC(C)(C)C)CC3)c2)n[nH]1. The predicted octanol–water partition coefficient (Wildman–Crippen LogP) is 2.45. The van der Waals surface area contributed by atoms with Crippen molar-refractivity contribution in [2.45, 2.75) is 33.3 Å². The van der Waals surface area contributed by atoms with E-state index >= 15 is 0 Å². The van der Waals surface area contributed by atoms with Crippen molar-refractivity contribution in [3.8, 4) is 11.4 Å². The zero-order valence-corrected chi connectivity index (χ0v) is 18.6. The number of piperazine rings is 1. The quantitative estimate of drug-likeness (QED) is 0.672. The summed E-state index contributed by atoms with van der Waals surface area (Å²) in [7, 11) is 0. The number of nitrogens with zero attached hydrogens (tertiary/aromatic N) is 4. The van der Waals surface area contributed by atoms with Crippen molar-refractivity contribution >= 4 is 17.8 Å². The normalized spacial score (nSPS) is 14.9. The second-order valence-electron chi connectivity index (χ2n) is 8.52. The number of benzene rings is 1. The molecule has 10 heteroatoms. The number of rotatable bonds is 5. The highest BCUT2D eigenvalue weighted by molar-refractivity contribution is 5.89. The minimum atomic E-state index is -0.487. The van der Waals surface area contributed by atoms with Gasteiger partial charge in [0.25, 0.3) is 0 Å².